The quantitative estimate of drug-likeness (QED) is 0.220. The number of hydrogen-bond donors (Lipinski definition) is 1. The molecule has 1 amide bonds. The molecule has 5 rings (SSSR count). The molecule has 1 aliphatic heterocycles. The Hall–Kier alpha value is -3.89. The van der Waals surface area contributed by atoms with Crippen LogP contribution in [-0.2, 0) is 36.9 Å². The zero-order valence-corrected chi connectivity index (χ0v) is 29.1. The summed E-state index contributed by atoms with van der Waals surface area (Å²) >= 11 is 0. The maximum Gasteiger partial charge on any atom is 0.416 e. The van der Waals surface area contributed by atoms with Crippen molar-refractivity contribution >= 4 is 17.5 Å². The molecule has 1 saturated carbocycles. The Bertz CT molecular complexity index is 1700. The van der Waals surface area contributed by atoms with Crippen molar-refractivity contribution in [2.45, 2.75) is 115 Å². The molecule has 286 valence electrons. The van der Waals surface area contributed by atoms with Gasteiger partial charge >= 0.3 is 18.5 Å². The summed E-state index contributed by atoms with van der Waals surface area (Å²) in [5, 5.41) is 22.4. The Morgan fingerprint density at radius 1 is 0.885 bits per heavy atom. The third-order valence-electron chi connectivity index (χ3n) is 10.4. The van der Waals surface area contributed by atoms with Gasteiger partial charge in [0.1, 0.15) is 0 Å². The fraction of sp³-hybridized carbons (Fsp3) is 0.600. The molecule has 2 aromatic carbocycles. The molecule has 1 aromatic heterocycles. The van der Waals surface area contributed by atoms with Crippen LogP contribution in [0, 0.1) is 11.8 Å². The lowest BCUT2D eigenvalue weighted by Gasteiger charge is -2.46. The zero-order valence-electron chi connectivity index (χ0n) is 29.1. The van der Waals surface area contributed by atoms with Gasteiger partial charge in [-0.15, -0.1) is 5.10 Å². The molecule has 2 heterocycles. The summed E-state index contributed by atoms with van der Waals surface area (Å²) in [6, 6.07) is 2.30. The van der Waals surface area contributed by atoms with E-state index >= 15 is 0 Å². The average molecular weight is 749 g/mol. The molecular weight excluding hydrogens is 707 g/mol. The number of tetrazole rings is 1. The second kappa shape index (κ2) is 14.5. The largest absolute Gasteiger partial charge is 0.416 e. The van der Waals surface area contributed by atoms with E-state index in [0.29, 0.717) is 57.1 Å². The fourth-order valence-electron chi connectivity index (χ4n) is 7.44. The molecule has 0 radical (unpaired) electrons. The van der Waals surface area contributed by atoms with Crippen LogP contribution in [0.25, 0.3) is 0 Å². The summed E-state index contributed by atoms with van der Waals surface area (Å²) in [6.45, 7) is 4.80. The SMILES string of the molecule is CCC1C[C@H](N(Cc2cc(C(F)(F)F)cc(C(F)(F)F)c2)c2nnn(C)n2)c2cc(C(F)(F)F)ccc2N1C(=O)C1CCC(C[C@](C)(O)CC)CC1. The Kier molecular flexibility index (Phi) is 11.0. The Balaban J connectivity index is 1.58. The predicted octanol–water partition coefficient (Wildman–Crippen LogP) is 8.89. The molecule has 17 heteroatoms. The first-order valence-electron chi connectivity index (χ1n) is 17.2. The molecule has 8 nitrogen and oxygen atoms in total. The minimum atomic E-state index is -5.13. The minimum Gasteiger partial charge on any atom is -0.390 e. The lowest BCUT2D eigenvalue weighted by atomic mass is 9.75. The summed E-state index contributed by atoms with van der Waals surface area (Å²) in [6.07, 6.45) is -11.2. The summed E-state index contributed by atoms with van der Waals surface area (Å²) < 4.78 is 125. The maximum atomic E-state index is 14.3. The number of halogens is 9. The molecule has 2 aliphatic rings. The number of aromatic nitrogens is 4. The molecule has 3 aromatic rings. The van der Waals surface area contributed by atoms with E-state index in [4.69, 9.17) is 0 Å². The number of carbonyl (C=O) groups excluding carboxylic acids is 1. The van der Waals surface area contributed by atoms with Gasteiger partial charge in [0.15, 0.2) is 0 Å². The highest BCUT2D eigenvalue weighted by Gasteiger charge is 2.44. The van der Waals surface area contributed by atoms with Crippen LogP contribution in [0.3, 0.4) is 0 Å². The molecular formula is C35H41F9N6O2. The summed E-state index contributed by atoms with van der Waals surface area (Å²) in [4.78, 5) is 18.1. The number of nitrogens with zero attached hydrogens (tertiary/aromatic N) is 6. The number of alkyl halides is 9. The van der Waals surface area contributed by atoms with Gasteiger partial charge < -0.3 is 14.9 Å². The van der Waals surface area contributed by atoms with Crippen LogP contribution in [0.15, 0.2) is 36.4 Å². The summed E-state index contributed by atoms with van der Waals surface area (Å²) in [5.41, 5.74) is -5.27. The molecule has 0 saturated heterocycles. The minimum absolute atomic E-state index is 0.00368. The van der Waals surface area contributed by atoms with Crippen LogP contribution in [0.2, 0.25) is 0 Å². The van der Waals surface area contributed by atoms with Crippen molar-refractivity contribution in [3.8, 4) is 0 Å². The molecule has 52 heavy (non-hydrogen) atoms. The summed E-state index contributed by atoms with van der Waals surface area (Å²) in [7, 11) is 1.38. The van der Waals surface area contributed by atoms with Crippen molar-refractivity contribution in [1.29, 1.82) is 0 Å². The van der Waals surface area contributed by atoms with Crippen molar-refractivity contribution in [2.24, 2.45) is 18.9 Å². The van der Waals surface area contributed by atoms with Crippen LogP contribution >= 0.6 is 0 Å². The second-order valence-electron chi connectivity index (χ2n) is 14.2. The number of benzene rings is 2. The number of hydrogen-bond acceptors (Lipinski definition) is 6. The van der Waals surface area contributed by atoms with E-state index in [1.165, 1.54) is 22.9 Å². The van der Waals surface area contributed by atoms with Crippen LogP contribution in [0.4, 0.5) is 51.1 Å². The molecule has 0 spiro atoms. The van der Waals surface area contributed by atoms with E-state index in [2.05, 4.69) is 15.4 Å². The van der Waals surface area contributed by atoms with Gasteiger partial charge in [0, 0.05) is 24.2 Å². The third-order valence-corrected chi connectivity index (χ3v) is 10.4. The lowest BCUT2D eigenvalue weighted by molar-refractivity contribution is -0.143. The smallest absolute Gasteiger partial charge is 0.390 e. The standard InChI is InChI=1S/C35H41F9N6O2/c1-5-26-17-29(49(31-45-47-48(4)46-31)19-21-13-24(34(39,40)41)15-25(14-21)35(42,43)44)27-16-23(33(36,37)38)11-12-28(27)50(26)30(51)22-9-7-20(8-10-22)18-32(3,52)6-2/h11-16,20,22,26,29,52H,5-10,17-19H2,1-4H3/t20?,22?,26?,29-,32+/m0/s1. The van der Waals surface area contributed by atoms with Crippen LogP contribution in [0.1, 0.15) is 106 Å². The first kappa shape index (κ1) is 39.3. The van der Waals surface area contributed by atoms with Gasteiger partial charge in [0.2, 0.25) is 5.91 Å². The van der Waals surface area contributed by atoms with Gasteiger partial charge in [-0.05, 0) is 117 Å². The van der Waals surface area contributed by atoms with E-state index < -0.39 is 70.9 Å². The lowest BCUT2D eigenvalue weighted by Crippen LogP contribution is -2.50. The average Bonchev–Trinajstić information content (AvgIpc) is 3.50. The normalized spacial score (nSPS) is 22.5. The number of carbonyl (C=O) groups is 1. The van der Waals surface area contributed by atoms with E-state index in [-0.39, 0.29) is 41.5 Å². The predicted molar refractivity (Wildman–Crippen MR) is 173 cm³/mol. The number of aryl methyl sites for hydroxylation is 1. The number of anilines is 2. The van der Waals surface area contributed by atoms with Gasteiger partial charge in [0.05, 0.1) is 35.4 Å². The van der Waals surface area contributed by atoms with Gasteiger partial charge in [-0.3, -0.25) is 4.79 Å². The van der Waals surface area contributed by atoms with E-state index in [9.17, 15) is 49.4 Å². The number of aliphatic hydroxyl groups is 1. The Labute approximate surface area is 295 Å². The second-order valence-corrected chi connectivity index (χ2v) is 14.2. The van der Waals surface area contributed by atoms with Gasteiger partial charge in [-0.25, -0.2) is 0 Å². The number of amides is 1. The van der Waals surface area contributed by atoms with Crippen molar-refractivity contribution in [3.63, 3.8) is 0 Å². The van der Waals surface area contributed by atoms with Crippen LogP contribution in [-0.4, -0.2) is 42.9 Å². The van der Waals surface area contributed by atoms with Crippen molar-refractivity contribution < 1.29 is 49.4 Å². The first-order chi connectivity index (χ1) is 24.1. The van der Waals surface area contributed by atoms with Crippen molar-refractivity contribution in [2.75, 3.05) is 9.80 Å². The highest BCUT2D eigenvalue weighted by molar-refractivity contribution is 5.97. The zero-order chi connectivity index (χ0) is 38.4. The fourth-order valence-corrected chi connectivity index (χ4v) is 7.44. The molecule has 1 aliphatic carbocycles. The van der Waals surface area contributed by atoms with E-state index in [0.717, 1.165) is 16.9 Å². The molecule has 0 bridgehead atoms. The maximum absolute atomic E-state index is 14.3. The van der Waals surface area contributed by atoms with E-state index in [1.54, 1.807) is 13.8 Å². The Morgan fingerprint density at radius 2 is 1.48 bits per heavy atom. The van der Waals surface area contributed by atoms with Crippen molar-refractivity contribution in [1.82, 2.24) is 20.2 Å². The molecule has 3 atom stereocenters. The van der Waals surface area contributed by atoms with Gasteiger partial charge in [0.25, 0.3) is 5.95 Å². The number of fused-ring (bicyclic) bond motifs is 1. The first-order valence-corrected chi connectivity index (χ1v) is 17.2. The van der Waals surface area contributed by atoms with Gasteiger partial charge in [-0.2, -0.15) is 44.3 Å². The number of rotatable bonds is 9. The Morgan fingerprint density at radius 3 is 1.98 bits per heavy atom. The summed E-state index contributed by atoms with van der Waals surface area (Å²) in [5.74, 6) is -0.746. The highest BCUT2D eigenvalue weighted by Crippen LogP contribution is 2.47. The highest BCUT2D eigenvalue weighted by atomic mass is 19.4. The molecule has 1 fully saturated rings. The molecule has 1 unspecified atom stereocenters. The van der Waals surface area contributed by atoms with Crippen LogP contribution < -0.4 is 9.80 Å². The molecule has 1 N–H and O–H groups in total. The monoisotopic (exact) mass is 748 g/mol. The van der Waals surface area contributed by atoms with Crippen molar-refractivity contribution in [3.05, 3.63) is 64.2 Å². The van der Waals surface area contributed by atoms with Gasteiger partial charge in [-0.1, -0.05) is 18.9 Å². The third kappa shape index (κ3) is 8.66. The topological polar surface area (TPSA) is 87.4 Å². The van der Waals surface area contributed by atoms with E-state index in [1.807, 2.05) is 6.92 Å². The van der Waals surface area contributed by atoms with Crippen LogP contribution in [0.5, 0.6) is 0 Å².